The molecule has 0 aliphatic rings. The highest BCUT2D eigenvalue weighted by Crippen LogP contribution is 2.18. The largest absolute Gasteiger partial charge is 0.389 e. The van der Waals surface area contributed by atoms with E-state index in [0.717, 1.165) is 12.1 Å². The Balaban J connectivity index is 2.24. The first-order chi connectivity index (χ1) is 9.51. The van der Waals surface area contributed by atoms with Gasteiger partial charge in [-0.05, 0) is 0 Å². The number of aliphatic hydroxyl groups is 1. The van der Waals surface area contributed by atoms with Gasteiger partial charge in [-0.3, -0.25) is 4.98 Å². The summed E-state index contributed by atoms with van der Waals surface area (Å²) in [4.78, 5) is 9.89. The van der Waals surface area contributed by atoms with E-state index in [1.54, 1.807) is 11.9 Å². The number of fused-ring (bicyclic) bond motifs is 1. The van der Waals surface area contributed by atoms with Gasteiger partial charge in [0.2, 0.25) is 0 Å². The molecule has 2 rings (SSSR count). The van der Waals surface area contributed by atoms with Crippen LogP contribution in [0.25, 0.3) is 11.0 Å². The van der Waals surface area contributed by atoms with Crippen LogP contribution in [0.5, 0.6) is 0 Å². The van der Waals surface area contributed by atoms with Gasteiger partial charge in [0, 0.05) is 32.8 Å². The zero-order valence-corrected chi connectivity index (χ0v) is 11.2. The number of methoxy groups -OCH3 is 1. The summed E-state index contributed by atoms with van der Waals surface area (Å²) in [6.07, 6.45) is 0.770. The molecule has 0 fully saturated rings. The zero-order valence-electron chi connectivity index (χ0n) is 11.2. The van der Waals surface area contributed by atoms with Crippen LogP contribution in [0.3, 0.4) is 0 Å². The second-order valence-electron chi connectivity index (χ2n) is 4.47. The number of aliphatic hydroxyl groups excluding tert-OH is 1. The van der Waals surface area contributed by atoms with Gasteiger partial charge in [-0.25, -0.2) is 13.8 Å². The normalized spacial score (nSPS) is 12.7. The van der Waals surface area contributed by atoms with Gasteiger partial charge >= 0.3 is 0 Å². The lowest BCUT2D eigenvalue weighted by molar-refractivity contribution is 0.0694. The summed E-state index contributed by atoms with van der Waals surface area (Å²) in [5, 5.41) is 9.65. The molecule has 0 saturated carbocycles. The van der Waals surface area contributed by atoms with Crippen LogP contribution in [-0.2, 0) is 4.74 Å². The topological polar surface area (TPSA) is 58.5 Å². The zero-order chi connectivity index (χ0) is 14.7. The molecule has 0 aliphatic heterocycles. The third-order valence-electron chi connectivity index (χ3n) is 2.81. The average molecular weight is 283 g/mol. The van der Waals surface area contributed by atoms with Gasteiger partial charge in [0.25, 0.3) is 0 Å². The Morgan fingerprint density at radius 3 is 2.60 bits per heavy atom. The first-order valence-corrected chi connectivity index (χ1v) is 6.01. The summed E-state index contributed by atoms with van der Waals surface area (Å²) in [6, 6.07) is 2.00. The summed E-state index contributed by atoms with van der Waals surface area (Å²) in [7, 11) is 3.21. The molecule has 1 N–H and O–H groups in total. The predicted molar refractivity (Wildman–Crippen MR) is 70.6 cm³/mol. The average Bonchev–Trinajstić information content (AvgIpc) is 2.39. The monoisotopic (exact) mass is 283 g/mol. The maximum atomic E-state index is 13.2. The van der Waals surface area contributed by atoms with Crippen molar-refractivity contribution >= 4 is 16.9 Å². The van der Waals surface area contributed by atoms with Gasteiger partial charge in [-0.15, -0.1) is 0 Å². The quantitative estimate of drug-likeness (QED) is 0.897. The Bertz CT molecular complexity index is 609. The maximum absolute atomic E-state index is 13.2. The molecule has 1 heterocycles. The smallest absolute Gasteiger partial charge is 0.161 e. The van der Waals surface area contributed by atoms with Crippen LogP contribution in [0, 0.1) is 11.6 Å². The number of likely N-dealkylation sites (N-methyl/N-ethyl adjacent to an activating group) is 1. The van der Waals surface area contributed by atoms with Crippen molar-refractivity contribution in [1.29, 1.82) is 0 Å². The molecule has 1 aromatic heterocycles. The van der Waals surface area contributed by atoms with Crippen LogP contribution in [0.15, 0.2) is 18.3 Å². The van der Waals surface area contributed by atoms with Gasteiger partial charge in [0.05, 0.1) is 29.9 Å². The van der Waals surface area contributed by atoms with Crippen molar-refractivity contribution in [2.45, 2.75) is 6.10 Å². The van der Waals surface area contributed by atoms with Crippen molar-refractivity contribution in [2.24, 2.45) is 0 Å². The van der Waals surface area contributed by atoms with Crippen LogP contribution in [0.2, 0.25) is 0 Å². The van der Waals surface area contributed by atoms with E-state index in [2.05, 4.69) is 9.97 Å². The number of anilines is 1. The fourth-order valence-corrected chi connectivity index (χ4v) is 1.84. The van der Waals surface area contributed by atoms with E-state index in [-0.39, 0.29) is 24.2 Å². The third-order valence-corrected chi connectivity index (χ3v) is 2.81. The molecule has 0 saturated heterocycles. The third kappa shape index (κ3) is 3.17. The van der Waals surface area contributed by atoms with Crippen molar-refractivity contribution in [1.82, 2.24) is 9.97 Å². The fourth-order valence-electron chi connectivity index (χ4n) is 1.84. The number of benzene rings is 1. The lowest BCUT2D eigenvalue weighted by Gasteiger charge is -2.21. The number of halogens is 2. The highest BCUT2D eigenvalue weighted by atomic mass is 19.2. The van der Waals surface area contributed by atoms with E-state index in [9.17, 15) is 13.9 Å². The Hall–Kier alpha value is -1.86. The standard InChI is InChI=1S/C13H15F2N3O2/c1-18(6-8(19)7-20-2)13-5-16-11-3-9(14)10(15)4-12(11)17-13/h3-5,8,19H,6-7H2,1-2H3. The molecular formula is C13H15F2N3O2. The molecule has 0 aliphatic carbocycles. The molecule has 2 aromatic rings. The second kappa shape index (κ2) is 6.06. The summed E-state index contributed by atoms with van der Waals surface area (Å²) >= 11 is 0. The Labute approximate surface area is 114 Å². The van der Waals surface area contributed by atoms with Crippen molar-refractivity contribution in [3.63, 3.8) is 0 Å². The van der Waals surface area contributed by atoms with Gasteiger partial charge in [0.15, 0.2) is 11.6 Å². The van der Waals surface area contributed by atoms with Gasteiger partial charge in [0.1, 0.15) is 5.82 Å². The molecule has 5 nitrogen and oxygen atoms in total. The van der Waals surface area contributed by atoms with Crippen LogP contribution in [0.1, 0.15) is 0 Å². The van der Waals surface area contributed by atoms with Crippen molar-refractivity contribution in [3.05, 3.63) is 30.0 Å². The molecule has 0 radical (unpaired) electrons. The SMILES string of the molecule is COCC(O)CN(C)c1cnc2cc(F)c(F)cc2n1. The summed E-state index contributed by atoms with van der Waals surface area (Å²) in [5.74, 6) is -1.46. The van der Waals surface area contributed by atoms with E-state index in [1.807, 2.05) is 0 Å². The minimum atomic E-state index is -0.967. The molecule has 1 unspecified atom stereocenters. The van der Waals surface area contributed by atoms with Crippen LogP contribution in [0.4, 0.5) is 14.6 Å². The Morgan fingerprint density at radius 1 is 1.30 bits per heavy atom. The summed E-state index contributed by atoms with van der Waals surface area (Å²) in [6.45, 7) is 0.489. The van der Waals surface area contributed by atoms with Crippen molar-refractivity contribution < 1.29 is 18.6 Å². The lowest BCUT2D eigenvalue weighted by Crippen LogP contribution is -2.32. The molecule has 0 spiro atoms. The summed E-state index contributed by atoms with van der Waals surface area (Å²) in [5.41, 5.74) is 0.535. The molecule has 1 aromatic carbocycles. The van der Waals surface area contributed by atoms with E-state index < -0.39 is 17.7 Å². The van der Waals surface area contributed by atoms with Crippen LogP contribution >= 0.6 is 0 Å². The molecule has 1 atom stereocenters. The van der Waals surface area contributed by atoms with Gasteiger partial charge < -0.3 is 14.7 Å². The van der Waals surface area contributed by atoms with Crippen LogP contribution < -0.4 is 4.90 Å². The Kier molecular flexibility index (Phi) is 4.41. The number of hydrogen-bond donors (Lipinski definition) is 1. The molecule has 7 heteroatoms. The summed E-state index contributed by atoms with van der Waals surface area (Å²) < 4.78 is 31.1. The molecule has 0 amide bonds. The number of ether oxygens (including phenoxy) is 1. The second-order valence-corrected chi connectivity index (χ2v) is 4.47. The van der Waals surface area contributed by atoms with E-state index >= 15 is 0 Å². The molecular weight excluding hydrogens is 268 g/mol. The maximum Gasteiger partial charge on any atom is 0.161 e. The Morgan fingerprint density at radius 2 is 1.95 bits per heavy atom. The highest BCUT2D eigenvalue weighted by Gasteiger charge is 2.12. The lowest BCUT2D eigenvalue weighted by atomic mass is 10.3. The molecule has 20 heavy (non-hydrogen) atoms. The van der Waals surface area contributed by atoms with Gasteiger partial charge in [-0.2, -0.15) is 0 Å². The first-order valence-electron chi connectivity index (χ1n) is 6.01. The van der Waals surface area contributed by atoms with Gasteiger partial charge in [-0.1, -0.05) is 0 Å². The fraction of sp³-hybridized carbons (Fsp3) is 0.385. The predicted octanol–water partition coefficient (Wildman–Crippen LogP) is 1.35. The first kappa shape index (κ1) is 14.5. The highest BCUT2D eigenvalue weighted by molar-refractivity contribution is 5.75. The van der Waals surface area contributed by atoms with Crippen molar-refractivity contribution in [3.8, 4) is 0 Å². The minimum absolute atomic E-state index is 0.200. The van der Waals surface area contributed by atoms with Crippen molar-refractivity contribution in [2.75, 3.05) is 32.2 Å². The van der Waals surface area contributed by atoms with E-state index in [0.29, 0.717) is 5.82 Å². The minimum Gasteiger partial charge on any atom is -0.389 e. The van der Waals surface area contributed by atoms with Crippen LogP contribution in [-0.4, -0.2) is 48.5 Å². The number of nitrogens with zero attached hydrogens (tertiary/aromatic N) is 3. The van der Waals surface area contributed by atoms with E-state index in [1.165, 1.54) is 13.3 Å². The van der Waals surface area contributed by atoms with E-state index in [4.69, 9.17) is 4.74 Å². The molecule has 0 bridgehead atoms. The number of hydrogen-bond acceptors (Lipinski definition) is 5. The number of rotatable bonds is 5. The molecule has 108 valence electrons. The number of aromatic nitrogens is 2.